The van der Waals surface area contributed by atoms with E-state index >= 15 is 0 Å². The summed E-state index contributed by atoms with van der Waals surface area (Å²) in [4.78, 5) is 15.4. The largest absolute Gasteiger partial charge is 0.373 e. The molecule has 5 nitrogen and oxygen atoms in total. The zero-order chi connectivity index (χ0) is 17.1. The fourth-order valence-electron chi connectivity index (χ4n) is 4.59. The second-order valence-corrected chi connectivity index (χ2v) is 7.67. The van der Waals surface area contributed by atoms with E-state index in [0.29, 0.717) is 6.61 Å². The van der Waals surface area contributed by atoms with Crippen molar-refractivity contribution in [3.8, 4) is 0 Å². The van der Waals surface area contributed by atoms with E-state index in [4.69, 9.17) is 4.74 Å². The van der Waals surface area contributed by atoms with Crippen molar-refractivity contribution in [2.45, 2.75) is 43.7 Å². The van der Waals surface area contributed by atoms with Gasteiger partial charge in [0.15, 0.2) is 0 Å². The van der Waals surface area contributed by atoms with Gasteiger partial charge in [0.25, 0.3) is 0 Å². The molecule has 0 aromatic heterocycles. The molecular formula is C20H29N3O2. The van der Waals surface area contributed by atoms with Gasteiger partial charge in [0.1, 0.15) is 0 Å². The molecule has 3 heterocycles. The Kier molecular flexibility index (Phi) is 5.06. The van der Waals surface area contributed by atoms with Crippen molar-refractivity contribution in [3.63, 3.8) is 0 Å². The number of hydrogen-bond donors (Lipinski definition) is 2. The van der Waals surface area contributed by atoms with Crippen LogP contribution in [-0.4, -0.2) is 50.3 Å². The van der Waals surface area contributed by atoms with Gasteiger partial charge >= 0.3 is 0 Å². The number of nitrogens with zero attached hydrogens (tertiary/aromatic N) is 1. The molecule has 3 saturated heterocycles. The first kappa shape index (κ1) is 17.0. The van der Waals surface area contributed by atoms with Gasteiger partial charge in [-0.05, 0) is 70.4 Å². The summed E-state index contributed by atoms with van der Waals surface area (Å²) < 4.78 is 6.29. The molecule has 1 aromatic carbocycles. The molecule has 0 aliphatic carbocycles. The van der Waals surface area contributed by atoms with E-state index in [1.165, 1.54) is 0 Å². The number of benzene rings is 1. The Morgan fingerprint density at radius 1 is 1.04 bits per heavy atom. The Hall–Kier alpha value is -1.43. The normalized spacial score (nSPS) is 26.6. The third kappa shape index (κ3) is 3.59. The Morgan fingerprint density at radius 2 is 1.72 bits per heavy atom. The van der Waals surface area contributed by atoms with Gasteiger partial charge < -0.3 is 20.3 Å². The van der Waals surface area contributed by atoms with Gasteiger partial charge in [-0.15, -0.1) is 0 Å². The molecule has 0 bridgehead atoms. The number of carbonyl (C=O) groups excluding carboxylic acids is 1. The van der Waals surface area contributed by atoms with Crippen LogP contribution in [0.5, 0.6) is 0 Å². The average Bonchev–Trinajstić information content (AvgIpc) is 3.07. The van der Waals surface area contributed by atoms with Gasteiger partial charge in [-0.25, -0.2) is 0 Å². The number of rotatable bonds is 3. The van der Waals surface area contributed by atoms with Crippen molar-refractivity contribution in [2.75, 3.05) is 37.7 Å². The first-order valence-electron chi connectivity index (χ1n) is 9.71. The van der Waals surface area contributed by atoms with Crippen LogP contribution in [0.2, 0.25) is 0 Å². The zero-order valence-corrected chi connectivity index (χ0v) is 14.9. The molecule has 1 spiro atoms. The van der Waals surface area contributed by atoms with E-state index in [2.05, 4.69) is 27.7 Å². The van der Waals surface area contributed by atoms with Crippen LogP contribution in [0.3, 0.4) is 0 Å². The topological polar surface area (TPSA) is 53.6 Å². The minimum absolute atomic E-state index is 0.0304. The first-order chi connectivity index (χ1) is 12.3. The van der Waals surface area contributed by atoms with E-state index in [0.717, 1.165) is 64.0 Å². The van der Waals surface area contributed by atoms with Crippen molar-refractivity contribution in [1.29, 1.82) is 0 Å². The number of nitrogens with one attached hydrogen (secondary N) is 2. The van der Waals surface area contributed by atoms with Gasteiger partial charge in [0.05, 0.1) is 18.2 Å². The Bertz CT molecular complexity index is 580. The van der Waals surface area contributed by atoms with Crippen LogP contribution in [0.1, 0.15) is 32.1 Å². The lowest BCUT2D eigenvalue weighted by Crippen LogP contribution is -2.48. The van der Waals surface area contributed by atoms with Crippen LogP contribution >= 0.6 is 0 Å². The highest BCUT2D eigenvalue weighted by molar-refractivity contribution is 5.95. The minimum atomic E-state index is -0.0304. The van der Waals surface area contributed by atoms with Crippen LogP contribution in [0.4, 0.5) is 5.69 Å². The number of piperidine rings is 2. The molecule has 3 aliphatic rings. The average molecular weight is 343 g/mol. The van der Waals surface area contributed by atoms with Crippen LogP contribution in [0, 0.1) is 5.92 Å². The standard InChI is InChI=1S/C20H29N3O2/c24-19(16-6-10-21-11-7-16)23(17-4-2-1-3-5-17)18-14-20(25-15-18)8-12-22-13-9-20/h1-5,16,18,21-22H,6-15H2/t18-/m0/s1. The SMILES string of the molecule is O=C(C1CCNCC1)N(c1ccccc1)[C@@H]1COC2(CCNCC2)C1. The van der Waals surface area contributed by atoms with Crippen molar-refractivity contribution in [2.24, 2.45) is 5.92 Å². The molecule has 0 radical (unpaired) electrons. The summed E-state index contributed by atoms with van der Waals surface area (Å²) in [5.41, 5.74) is 0.989. The smallest absolute Gasteiger partial charge is 0.230 e. The van der Waals surface area contributed by atoms with Crippen LogP contribution in [-0.2, 0) is 9.53 Å². The summed E-state index contributed by atoms with van der Waals surface area (Å²) in [6, 6.07) is 10.3. The summed E-state index contributed by atoms with van der Waals surface area (Å²) in [6.07, 6.45) is 4.93. The van der Waals surface area contributed by atoms with E-state index < -0.39 is 0 Å². The van der Waals surface area contributed by atoms with E-state index in [9.17, 15) is 4.79 Å². The highest BCUT2D eigenvalue weighted by Gasteiger charge is 2.45. The maximum absolute atomic E-state index is 13.4. The fourth-order valence-corrected chi connectivity index (χ4v) is 4.59. The van der Waals surface area contributed by atoms with Crippen LogP contribution in [0.25, 0.3) is 0 Å². The third-order valence-electron chi connectivity index (χ3n) is 6.03. The molecule has 25 heavy (non-hydrogen) atoms. The Morgan fingerprint density at radius 3 is 2.44 bits per heavy atom. The van der Waals surface area contributed by atoms with E-state index in [-0.39, 0.29) is 23.5 Å². The van der Waals surface area contributed by atoms with Crippen LogP contribution in [0.15, 0.2) is 30.3 Å². The molecule has 1 amide bonds. The lowest BCUT2D eigenvalue weighted by atomic mass is 9.87. The van der Waals surface area contributed by atoms with Gasteiger partial charge in [0, 0.05) is 11.6 Å². The number of hydrogen-bond acceptors (Lipinski definition) is 4. The monoisotopic (exact) mass is 343 g/mol. The third-order valence-corrected chi connectivity index (χ3v) is 6.03. The zero-order valence-electron chi connectivity index (χ0n) is 14.9. The molecule has 136 valence electrons. The first-order valence-corrected chi connectivity index (χ1v) is 9.71. The highest BCUT2D eigenvalue weighted by Crippen LogP contribution is 2.38. The maximum Gasteiger partial charge on any atom is 0.230 e. The second-order valence-electron chi connectivity index (χ2n) is 7.67. The number of para-hydroxylation sites is 1. The predicted octanol–water partition coefficient (Wildman–Crippen LogP) is 1.93. The van der Waals surface area contributed by atoms with Gasteiger partial charge in [0.2, 0.25) is 5.91 Å². The molecule has 3 aliphatic heterocycles. The minimum Gasteiger partial charge on any atom is -0.373 e. The number of carbonyl (C=O) groups is 1. The highest BCUT2D eigenvalue weighted by atomic mass is 16.5. The van der Waals surface area contributed by atoms with Gasteiger partial charge in [-0.3, -0.25) is 4.79 Å². The lowest BCUT2D eigenvalue weighted by Gasteiger charge is -2.35. The number of anilines is 1. The summed E-state index contributed by atoms with van der Waals surface area (Å²) >= 11 is 0. The Labute approximate surface area is 150 Å². The van der Waals surface area contributed by atoms with E-state index in [1.807, 2.05) is 18.2 Å². The molecule has 4 rings (SSSR count). The van der Waals surface area contributed by atoms with Crippen molar-refractivity contribution >= 4 is 11.6 Å². The maximum atomic E-state index is 13.4. The molecule has 1 aromatic rings. The summed E-state index contributed by atoms with van der Waals surface area (Å²) in [5.74, 6) is 0.415. The molecule has 0 saturated carbocycles. The summed E-state index contributed by atoms with van der Waals surface area (Å²) in [6.45, 7) is 4.57. The van der Waals surface area contributed by atoms with Gasteiger partial charge in [-0.2, -0.15) is 0 Å². The molecule has 0 unspecified atom stereocenters. The second kappa shape index (κ2) is 7.44. The van der Waals surface area contributed by atoms with Gasteiger partial charge in [-0.1, -0.05) is 18.2 Å². The predicted molar refractivity (Wildman–Crippen MR) is 98.7 cm³/mol. The lowest BCUT2D eigenvalue weighted by molar-refractivity contribution is -0.123. The van der Waals surface area contributed by atoms with Crippen molar-refractivity contribution < 1.29 is 9.53 Å². The molecular weight excluding hydrogens is 314 g/mol. The summed E-state index contributed by atoms with van der Waals surface area (Å²) in [7, 11) is 0. The number of ether oxygens (including phenoxy) is 1. The summed E-state index contributed by atoms with van der Waals surface area (Å²) in [5, 5.41) is 6.78. The number of amides is 1. The molecule has 2 N–H and O–H groups in total. The van der Waals surface area contributed by atoms with E-state index in [1.54, 1.807) is 0 Å². The fraction of sp³-hybridized carbons (Fsp3) is 0.650. The molecule has 1 atom stereocenters. The Balaban J connectivity index is 1.56. The molecule has 5 heteroatoms. The quantitative estimate of drug-likeness (QED) is 0.881. The van der Waals surface area contributed by atoms with Crippen LogP contribution < -0.4 is 15.5 Å². The molecule has 3 fully saturated rings. The van der Waals surface area contributed by atoms with Crippen molar-refractivity contribution in [3.05, 3.63) is 30.3 Å². The van der Waals surface area contributed by atoms with Crippen molar-refractivity contribution in [1.82, 2.24) is 10.6 Å².